The van der Waals surface area contributed by atoms with E-state index in [0.29, 0.717) is 23.4 Å². The minimum atomic E-state index is -0.480. The maximum atomic E-state index is 12.0. The van der Waals surface area contributed by atoms with Gasteiger partial charge in [0.1, 0.15) is 0 Å². The monoisotopic (exact) mass is 337 g/mol. The summed E-state index contributed by atoms with van der Waals surface area (Å²) in [7, 11) is 0. The van der Waals surface area contributed by atoms with E-state index in [0.717, 1.165) is 12.0 Å². The summed E-state index contributed by atoms with van der Waals surface area (Å²) in [5.41, 5.74) is 2.74. The third-order valence-corrected chi connectivity index (χ3v) is 3.83. The zero-order valence-corrected chi connectivity index (χ0v) is 13.2. The molecule has 126 valence electrons. The van der Waals surface area contributed by atoms with Crippen molar-refractivity contribution in [2.45, 2.75) is 6.42 Å². The van der Waals surface area contributed by atoms with E-state index in [9.17, 15) is 19.7 Å². The molecule has 1 aliphatic heterocycles. The summed E-state index contributed by atoms with van der Waals surface area (Å²) >= 11 is 0. The van der Waals surface area contributed by atoms with Crippen molar-refractivity contribution in [3.63, 3.8) is 0 Å². The molecule has 2 aromatic rings. The molecule has 1 aliphatic rings. The lowest BCUT2D eigenvalue weighted by atomic mass is 10.00. The third kappa shape index (κ3) is 3.89. The molecule has 2 amide bonds. The van der Waals surface area contributed by atoms with Crippen molar-refractivity contribution in [1.82, 2.24) is 5.32 Å². The van der Waals surface area contributed by atoms with E-state index in [4.69, 9.17) is 0 Å². The molecule has 7 heteroatoms. The molecule has 0 atom stereocenters. The van der Waals surface area contributed by atoms with Gasteiger partial charge < -0.3 is 10.6 Å². The number of rotatable bonds is 4. The number of non-ortho nitro benzene ring substituents is 1. The smallest absolute Gasteiger partial charge is 0.269 e. The molecule has 0 unspecified atom stereocenters. The number of carbonyl (C=O) groups excluding carboxylic acids is 2. The standard InChI is InChI=1S/C18H15N3O4/c22-17(8-3-12-1-6-15(7-2-12)21(24)25)20-14-5-4-13-9-10-19-18(23)16(13)11-14/h1-8,11H,9-10H2,(H,19,23)(H,20,22). The highest BCUT2D eigenvalue weighted by Gasteiger charge is 2.16. The van der Waals surface area contributed by atoms with Crippen LogP contribution in [-0.2, 0) is 11.2 Å². The maximum Gasteiger partial charge on any atom is 0.269 e. The summed E-state index contributed by atoms with van der Waals surface area (Å²) < 4.78 is 0. The summed E-state index contributed by atoms with van der Waals surface area (Å²) in [5, 5.41) is 16.1. The van der Waals surface area contributed by atoms with Gasteiger partial charge in [-0.15, -0.1) is 0 Å². The van der Waals surface area contributed by atoms with E-state index in [-0.39, 0.29) is 17.5 Å². The fourth-order valence-electron chi connectivity index (χ4n) is 2.55. The lowest BCUT2D eigenvalue weighted by Gasteiger charge is -2.17. The number of hydrogen-bond donors (Lipinski definition) is 2. The van der Waals surface area contributed by atoms with E-state index in [2.05, 4.69) is 10.6 Å². The van der Waals surface area contributed by atoms with Crippen molar-refractivity contribution in [3.05, 3.63) is 75.3 Å². The van der Waals surface area contributed by atoms with Crippen LogP contribution in [0.1, 0.15) is 21.5 Å². The Morgan fingerprint density at radius 3 is 2.68 bits per heavy atom. The number of nitro benzene ring substituents is 1. The van der Waals surface area contributed by atoms with E-state index in [1.165, 1.54) is 18.2 Å². The van der Waals surface area contributed by atoms with Crippen LogP contribution in [0, 0.1) is 10.1 Å². The average molecular weight is 337 g/mol. The Hall–Kier alpha value is -3.48. The molecule has 2 N–H and O–H groups in total. The Bertz CT molecular complexity index is 872. The van der Waals surface area contributed by atoms with Crippen LogP contribution in [0.5, 0.6) is 0 Å². The second-order valence-electron chi connectivity index (χ2n) is 5.55. The van der Waals surface area contributed by atoms with Crippen LogP contribution in [0.2, 0.25) is 0 Å². The number of anilines is 1. The van der Waals surface area contributed by atoms with Crippen LogP contribution < -0.4 is 10.6 Å². The minimum Gasteiger partial charge on any atom is -0.352 e. The first kappa shape index (κ1) is 16.4. The van der Waals surface area contributed by atoms with Crippen LogP contribution in [0.15, 0.2) is 48.5 Å². The second kappa shape index (κ2) is 6.96. The predicted octanol–water partition coefficient (Wildman–Crippen LogP) is 2.53. The topological polar surface area (TPSA) is 101 Å². The maximum absolute atomic E-state index is 12.0. The van der Waals surface area contributed by atoms with Crippen LogP contribution >= 0.6 is 0 Å². The first-order valence-corrected chi connectivity index (χ1v) is 7.67. The second-order valence-corrected chi connectivity index (χ2v) is 5.55. The van der Waals surface area contributed by atoms with Crippen molar-refractivity contribution >= 4 is 29.3 Å². The number of nitro groups is 1. The summed E-state index contributed by atoms with van der Waals surface area (Å²) in [5.74, 6) is -0.492. The van der Waals surface area contributed by atoms with Gasteiger partial charge in [0.05, 0.1) is 4.92 Å². The Morgan fingerprint density at radius 1 is 1.20 bits per heavy atom. The molecule has 7 nitrogen and oxygen atoms in total. The van der Waals surface area contributed by atoms with Gasteiger partial charge in [-0.2, -0.15) is 0 Å². The lowest BCUT2D eigenvalue weighted by molar-refractivity contribution is -0.384. The Balaban J connectivity index is 1.67. The summed E-state index contributed by atoms with van der Waals surface area (Å²) in [4.78, 5) is 33.9. The van der Waals surface area contributed by atoms with Crippen molar-refractivity contribution < 1.29 is 14.5 Å². The van der Waals surface area contributed by atoms with Gasteiger partial charge in [0.2, 0.25) is 5.91 Å². The van der Waals surface area contributed by atoms with Gasteiger partial charge >= 0.3 is 0 Å². The Morgan fingerprint density at radius 2 is 1.96 bits per heavy atom. The van der Waals surface area contributed by atoms with Crippen LogP contribution in [0.3, 0.4) is 0 Å². The summed E-state index contributed by atoms with van der Waals surface area (Å²) in [6.07, 6.45) is 3.67. The Kier molecular flexibility index (Phi) is 4.56. The van der Waals surface area contributed by atoms with Gasteiger partial charge in [-0.25, -0.2) is 0 Å². The van der Waals surface area contributed by atoms with Gasteiger partial charge in [-0.1, -0.05) is 6.07 Å². The molecule has 3 rings (SSSR count). The number of hydrogen-bond acceptors (Lipinski definition) is 4. The van der Waals surface area contributed by atoms with Crippen molar-refractivity contribution in [2.24, 2.45) is 0 Å². The van der Waals surface area contributed by atoms with Crippen LogP contribution in [0.4, 0.5) is 11.4 Å². The number of carbonyl (C=O) groups is 2. The largest absolute Gasteiger partial charge is 0.352 e. The molecule has 0 fully saturated rings. The fraction of sp³-hybridized carbons (Fsp3) is 0.111. The molecule has 0 saturated heterocycles. The fourth-order valence-corrected chi connectivity index (χ4v) is 2.55. The molecule has 0 saturated carbocycles. The minimum absolute atomic E-state index is 0.00561. The first-order valence-electron chi connectivity index (χ1n) is 7.67. The molecule has 0 bridgehead atoms. The molecular weight excluding hydrogens is 322 g/mol. The SMILES string of the molecule is O=C(C=Cc1ccc([N+](=O)[O-])cc1)Nc1ccc2c(c1)C(=O)NCC2. The third-order valence-electron chi connectivity index (χ3n) is 3.83. The van der Waals surface area contributed by atoms with E-state index < -0.39 is 4.92 Å². The zero-order valence-electron chi connectivity index (χ0n) is 13.2. The highest BCUT2D eigenvalue weighted by atomic mass is 16.6. The van der Waals surface area contributed by atoms with Gasteiger partial charge in [-0.05, 0) is 47.9 Å². The van der Waals surface area contributed by atoms with Crippen molar-refractivity contribution in [1.29, 1.82) is 0 Å². The number of amides is 2. The molecule has 0 radical (unpaired) electrons. The highest BCUT2D eigenvalue weighted by Crippen LogP contribution is 2.19. The van der Waals surface area contributed by atoms with Crippen molar-refractivity contribution in [3.8, 4) is 0 Å². The van der Waals surface area contributed by atoms with Crippen molar-refractivity contribution in [2.75, 3.05) is 11.9 Å². The predicted molar refractivity (Wildman–Crippen MR) is 93.2 cm³/mol. The summed E-state index contributed by atoms with van der Waals surface area (Å²) in [6.45, 7) is 0.621. The number of fused-ring (bicyclic) bond motifs is 1. The molecule has 0 spiro atoms. The molecular formula is C18H15N3O4. The number of benzene rings is 2. The molecule has 1 heterocycles. The van der Waals surface area contributed by atoms with E-state index in [1.54, 1.807) is 30.3 Å². The number of nitrogens with one attached hydrogen (secondary N) is 2. The normalized spacial score (nSPS) is 13.2. The molecule has 0 aromatic heterocycles. The van der Waals surface area contributed by atoms with Gasteiger partial charge in [0, 0.05) is 36.0 Å². The average Bonchev–Trinajstić information content (AvgIpc) is 2.61. The quantitative estimate of drug-likeness (QED) is 0.508. The van der Waals surface area contributed by atoms with E-state index in [1.807, 2.05) is 6.07 Å². The molecule has 0 aliphatic carbocycles. The molecule has 25 heavy (non-hydrogen) atoms. The first-order chi connectivity index (χ1) is 12.0. The number of nitrogens with zero attached hydrogens (tertiary/aromatic N) is 1. The van der Waals surface area contributed by atoms with Crippen LogP contribution in [0.25, 0.3) is 6.08 Å². The highest BCUT2D eigenvalue weighted by molar-refractivity contribution is 6.03. The summed E-state index contributed by atoms with van der Waals surface area (Å²) in [6, 6.07) is 11.1. The Labute approximate surface area is 143 Å². The van der Waals surface area contributed by atoms with Gasteiger partial charge in [0.25, 0.3) is 11.6 Å². The van der Waals surface area contributed by atoms with E-state index >= 15 is 0 Å². The van der Waals surface area contributed by atoms with Gasteiger partial charge in [0.15, 0.2) is 0 Å². The lowest BCUT2D eigenvalue weighted by Crippen LogP contribution is -2.31. The van der Waals surface area contributed by atoms with Crippen LogP contribution in [-0.4, -0.2) is 23.3 Å². The molecule has 2 aromatic carbocycles. The zero-order chi connectivity index (χ0) is 17.8. The van der Waals surface area contributed by atoms with Gasteiger partial charge in [-0.3, -0.25) is 19.7 Å².